The van der Waals surface area contributed by atoms with E-state index in [4.69, 9.17) is 8.83 Å². The summed E-state index contributed by atoms with van der Waals surface area (Å²) in [5.74, 6) is 0.914. The summed E-state index contributed by atoms with van der Waals surface area (Å²) in [5, 5.41) is 0. The molecule has 0 saturated heterocycles. The Morgan fingerprint density at radius 2 is 2.00 bits per heavy atom. The molecule has 3 rings (SSSR count). The largest absolute Gasteiger partial charge is 0.459 e. The van der Waals surface area contributed by atoms with Crippen LogP contribution in [0.2, 0.25) is 0 Å². The summed E-state index contributed by atoms with van der Waals surface area (Å²) in [6, 6.07) is 6.87. The van der Waals surface area contributed by atoms with Gasteiger partial charge in [0.15, 0.2) is 5.76 Å². The Bertz CT molecular complexity index is 1100. The third-order valence-electron chi connectivity index (χ3n) is 4.08. The second-order valence-corrected chi connectivity index (χ2v) is 8.05. The molecule has 0 aliphatic heterocycles. The van der Waals surface area contributed by atoms with Crippen LogP contribution in [-0.4, -0.2) is 24.3 Å². The van der Waals surface area contributed by atoms with Crippen molar-refractivity contribution in [2.75, 3.05) is 6.54 Å². The molecule has 0 spiro atoms. The number of oxazole rings is 1. The van der Waals surface area contributed by atoms with Crippen LogP contribution in [0.3, 0.4) is 0 Å². The molecule has 0 aliphatic carbocycles. The number of sulfonamides is 1. The minimum atomic E-state index is -4.66. The zero-order chi connectivity index (χ0) is 21.2. The van der Waals surface area contributed by atoms with Gasteiger partial charge in [-0.05, 0) is 37.3 Å². The number of aromatic nitrogens is 1. The summed E-state index contributed by atoms with van der Waals surface area (Å²) < 4.78 is 76.6. The van der Waals surface area contributed by atoms with Crippen molar-refractivity contribution in [3.8, 4) is 11.7 Å². The third-order valence-corrected chi connectivity index (χ3v) is 5.89. The lowest BCUT2D eigenvalue weighted by atomic mass is 10.2. The molecule has 0 saturated carbocycles. The fourth-order valence-electron chi connectivity index (χ4n) is 2.62. The van der Waals surface area contributed by atoms with Gasteiger partial charge in [0.05, 0.1) is 29.0 Å². The number of nitrogens with zero attached hydrogens (tertiary/aromatic N) is 2. The van der Waals surface area contributed by atoms with E-state index < -0.39 is 26.7 Å². The van der Waals surface area contributed by atoms with Crippen molar-refractivity contribution >= 4 is 10.0 Å². The first kappa shape index (κ1) is 20.9. The maximum atomic E-state index is 13.0. The average Bonchev–Trinajstić information content (AvgIpc) is 3.31. The predicted octanol–water partition coefficient (Wildman–Crippen LogP) is 4.64. The molecular weight excluding hydrogens is 409 g/mol. The molecule has 0 aliphatic rings. The lowest BCUT2D eigenvalue weighted by Gasteiger charge is -2.20. The highest BCUT2D eigenvalue weighted by Gasteiger charge is 2.33. The van der Waals surface area contributed by atoms with E-state index in [9.17, 15) is 21.6 Å². The monoisotopic (exact) mass is 426 g/mol. The van der Waals surface area contributed by atoms with Gasteiger partial charge in [-0.1, -0.05) is 12.1 Å². The maximum Gasteiger partial charge on any atom is 0.416 e. The molecule has 0 amide bonds. The van der Waals surface area contributed by atoms with E-state index in [0.29, 0.717) is 23.3 Å². The molecule has 2 aromatic heterocycles. The van der Waals surface area contributed by atoms with Crippen LogP contribution < -0.4 is 0 Å². The van der Waals surface area contributed by atoms with E-state index in [1.54, 1.807) is 19.1 Å². The third kappa shape index (κ3) is 4.43. The smallest absolute Gasteiger partial charge is 0.416 e. The highest BCUT2D eigenvalue weighted by atomic mass is 32.2. The van der Waals surface area contributed by atoms with E-state index >= 15 is 0 Å². The first-order valence-electron chi connectivity index (χ1n) is 8.41. The van der Waals surface area contributed by atoms with Crippen LogP contribution in [-0.2, 0) is 22.7 Å². The number of benzene rings is 1. The summed E-state index contributed by atoms with van der Waals surface area (Å²) in [6.07, 6.45) is -1.87. The molecule has 2 heterocycles. The number of hydrogen-bond acceptors (Lipinski definition) is 5. The number of rotatable bonds is 7. The van der Waals surface area contributed by atoms with Crippen LogP contribution in [0.25, 0.3) is 11.7 Å². The van der Waals surface area contributed by atoms with Gasteiger partial charge in [-0.15, -0.1) is 6.58 Å². The molecule has 0 radical (unpaired) electrons. The van der Waals surface area contributed by atoms with Gasteiger partial charge in [-0.3, -0.25) is 0 Å². The highest BCUT2D eigenvalue weighted by Crippen LogP contribution is 2.31. The molecule has 3 aromatic rings. The van der Waals surface area contributed by atoms with Crippen LogP contribution in [0, 0.1) is 6.92 Å². The first-order valence-corrected chi connectivity index (χ1v) is 9.85. The van der Waals surface area contributed by atoms with Crippen molar-refractivity contribution in [2.24, 2.45) is 0 Å². The van der Waals surface area contributed by atoms with Gasteiger partial charge < -0.3 is 8.83 Å². The minimum absolute atomic E-state index is 0.124. The fourth-order valence-corrected chi connectivity index (χ4v) is 4.04. The van der Waals surface area contributed by atoms with Gasteiger partial charge in [-0.2, -0.15) is 17.5 Å². The van der Waals surface area contributed by atoms with Gasteiger partial charge >= 0.3 is 6.18 Å². The van der Waals surface area contributed by atoms with Crippen molar-refractivity contribution in [3.05, 3.63) is 72.3 Å². The van der Waals surface area contributed by atoms with Gasteiger partial charge in [0.2, 0.25) is 10.0 Å². The minimum Gasteiger partial charge on any atom is -0.459 e. The Balaban J connectivity index is 1.95. The normalized spacial score (nSPS) is 12.4. The van der Waals surface area contributed by atoms with Crippen molar-refractivity contribution in [1.82, 2.24) is 9.29 Å². The first-order chi connectivity index (χ1) is 13.6. The van der Waals surface area contributed by atoms with E-state index in [2.05, 4.69) is 11.6 Å². The molecule has 10 heteroatoms. The van der Waals surface area contributed by atoms with Crippen LogP contribution in [0.4, 0.5) is 13.2 Å². The van der Waals surface area contributed by atoms with Crippen LogP contribution in [0.5, 0.6) is 0 Å². The number of halogens is 3. The summed E-state index contributed by atoms with van der Waals surface area (Å²) in [5.41, 5.74) is -0.733. The van der Waals surface area contributed by atoms with Crippen LogP contribution >= 0.6 is 0 Å². The Morgan fingerprint density at radius 3 is 2.62 bits per heavy atom. The summed E-state index contributed by atoms with van der Waals surface area (Å²) in [6.45, 7) is 4.81. The summed E-state index contributed by atoms with van der Waals surface area (Å²) >= 11 is 0. The Labute approximate surface area is 165 Å². The number of hydrogen-bond donors (Lipinski definition) is 0. The molecular formula is C19H17F3N2O4S. The zero-order valence-corrected chi connectivity index (χ0v) is 16.1. The summed E-state index contributed by atoms with van der Waals surface area (Å²) in [7, 11) is -4.25. The number of aryl methyl sites for hydroxylation is 1. The van der Waals surface area contributed by atoms with Crippen molar-refractivity contribution in [2.45, 2.75) is 24.5 Å². The van der Waals surface area contributed by atoms with Gasteiger partial charge in [0.25, 0.3) is 5.89 Å². The SMILES string of the molecule is C=CCN(Cc1nc(-c2ccco2)oc1C)S(=O)(=O)c1cccc(C(F)(F)F)c1. The molecule has 29 heavy (non-hydrogen) atoms. The summed E-state index contributed by atoms with van der Waals surface area (Å²) in [4.78, 5) is 3.79. The quantitative estimate of drug-likeness (QED) is 0.515. The second-order valence-electron chi connectivity index (χ2n) is 6.11. The molecule has 154 valence electrons. The maximum absolute atomic E-state index is 13.0. The lowest BCUT2D eigenvalue weighted by Crippen LogP contribution is -2.31. The molecule has 0 unspecified atom stereocenters. The standard InChI is InChI=1S/C19H17F3N2O4S/c1-3-9-24(12-16-13(2)28-18(23-16)17-8-5-10-27-17)29(25,26)15-7-4-6-14(11-15)19(20,21)22/h3-8,10-11H,1,9,12H2,2H3. The zero-order valence-electron chi connectivity index (χ0n) is 15.3. The highest BCUT2D eigenvalue weighted by molar-refractivity contribution is 7.89. The fraction of sp³-hybridized carbons (Fsp3) is 0.211. The van der Waals surface area contributed by atoms with Crippen LogP contribution in [0.1, 0.15) is 17.0 Å². The van der Waals surface area contributed by atoms with E-state index in [1.165, 1.54) is 12.3 Å². The second kappa shape index (κ2) is 7.88. The Morgan fingerprint density at radius 1 is 1.24 bits per heavy atom. The number of alkyl halides is 3. The molecule has 0 atom stereocenters. The van der Waals surface area contributed by atoms with Crippen molar-refractivity contribution < 1.29 is 30.4 Å². The number of furan rings is 1. The van der Waals surface area contributed by atoms with E-state index in [0.717, 1.165) is 22.5 Å². The van der Waals surface area contributed by atoms with Gasteiger partial charge in [0, 0.05) is 6.54 Å². The predicted molar refractivity (Wildman–Crippen MR) is 98.2 cm³/mol. The topological polar surface area (TPSA) is 76.6 Å². The van der Waals surface area contributed by atoms with Gasteiger partial charge in [-0.25, -0.2) is 13.4 Å². The lowest BCUT2D eigenvalue weighted by molar-refractivity contribution is -0.137. The van der Waals surface area contributed by atoms with Crippen molar-refractivity contribution in [3.63, 3.8) is 0 Å². The molecule has 1 aromatic carbocycles. The Kier molecular flexibility index (Phi) is 5.67. The van der Waals surface area contributed by atoms with Crippen molar-refractivity contribution in [1.29, 1.82) is 0 Å². The van der Waals surface area contributed by atoms with Crippen LogP contribution in [0.15, 0.2) is 69.0 Å². The van der Waals surface area contributed by atoms with Gasteiger partial charge in [0.1, 0.15) is 5.76 Å². The molecule has 0 bridgehead atoms. The molecule has 0 N–H and O–H groups in total. The molecule has 0 fully saturated rings. The van der Waals surface area contributed by atoms with E-state index in [-0.39, 0.29) is 19.0 Å². The Hall–Kier alpha value is -2.85. The molecule has 6 nitrogen and oxygen atoms in total. The average molecular weight is 426 g/mol. The van der Waals surface area contributed by atoms with E-state index in [1.807, 2.05) is 0 Å².